The van der Waals surface area contributed by atoms with E-state index in [9.17, 15) is 9.59 Å². The minimum atomic E-state index is -0.464. The summed E-state index contributed by atoms with van der Waals surface area (Å²) in [5.74, 6) is -0.247. The number of imide groups is 1. The second-order valence-corrected chi connectivity index (χ2v) is 7.42. The van der Waals surface area contributed by atoms with Gasteiger partial charge in [0.15, 0.2) is 6.04 Å². The van der Waals surface area contributed by atoms with Crippen LogP contribution in [-0.2, 0) is 11.3 Å². The number of carbonyl (C=O) groups is 2. The fourth-order valence-electron chi connectivity index (χ4n) is 3.93. The van der Waals surface area contributed by atoms with Crippen LogP contribution in [-0.4, -0.2) is 45.2 Å². The molecule has 6 nitrogen and oxygen atoms in total. The van der Waals surface area contributed by atoms with E-state index in [0.29, 0.717) is 0 Å². The van der Waals surface area contributed by atoms with Crippen molar-refractivity contribution in [2.45, 2.75) is 19.5 Å². The topological polar surface area (TPSA) is 67.1 Å². The number of rotatable bonds is 5. The van der Waals surface area contributed by atoms with Gasteiger partial charge in [0.1, 0.15) is 32.7 Å². The zero-order valence-electron chi connectivity index (χ0n) is 16.6. The van der Waals surface area contributed by atoms with E-state index in [1.165, 1.54) is 28.0 Å². The summed E-state index contributed by atoms with van der Waals surface area (Å²) in [7, 11) is 1.51. The number of aryl methyl sites for hydroxylation is 1. The largest absolute Gasteiger partial charge is 0.341 e. The van der Waals surface area contributed by atoms with Crippen LogP contribution in [0, 0.1) is 6.92 Å². The van der Waals surface area contributed by atoms with Gasteiger partial charge in [-0.05, 0) is 12.5 Å². The van der Waals surface area contributed by atoms with Crippen LogP contribution in [0.4, 0.5) is 4.79 Å². The van der Waals surface area contributed by atoms with Crippen molar-refractivity contribution in [3.8, 4) is 0 Å². The molecule has 3 rings (SSSR count). The van der Waals surface area contributed by atoms with E-state index in [4.69, 9.17) is 0 Å². The highest BCUT2D eigenvalue weighted by atomic mass is 16.2. The molecule has 0 aliphatic carbocycles. The lowest BCUT2D eigenvalue weighted by molar-refractivity contribution is -1.03. The van der Waals surface area contributed by atoms with Crippen molar-refractivity contribution in [1.29, 1.82) is 0 Å². The van der Waals surface area contributed by atoms with E-state index in [1.807, 2.05) is 30.3 Å². The number of carbonyl (C=O) groups excluding carboxylic acids is 2. The van der Waals surface area contributed by atoms with E-state index >= 15 is 0 Å². The quantitative estimate of drug-likeness (QED) is 0.562. The van der Waals surface area contributed by atoms with Gasteiger partial charge in [0.2, 0.25) is 0 Å². The molecule has 6 heteroatoms. The summed E-state index contributed by atoms with van der Waals surface area (Å²) in [6.07, 6.45) is 0. The molecule has 1 atom stereocenters. The molecule has 1 aliphatic rings. The highest BCUT2D eigenvalue weighted by Crippen LogP contribution is 2.10. The Hall–Kier alpha value is -2.70. The Labute approximate surface area is 166 Å². The number of urea groups is 1. The normalized spacial score (nSPS) is 20.2. The highest BCUT2D eigenvalue weighted by Gasteiger charge is 2.36. The molecule has 1 heterocycles. The lowest BCUT2D eigenvalue weighted by atomic mass is 10.0. The first-order valence-corrected chi connectivity index (χ1v) is 9.88. The number of quaternary nitrogens is 2. The van der Waals surface area contributed by atoms with Crippen molar-refractivity contribution >= 4 is 11.9 Å². The molecular formula is C22H30N4O2+2. The van der Waals surface area contributed by atoms with Crippen molar-refractivity contribution in [3.63, 3.8) is 0 Å². The number of piperazine rings is 1. The average Bonchev–Trinajstić information content (AvgIpc) is 2.72. The van der Waals surface area contributed by atoms with Gasteiger partial charge < -0.3 is 15.1 Å². The summed E-state index contributed by atoms with van der Waals surface area (Å²) < 4.78 is 0. The molecule has 1 fully saturated rings. The third-order valence-electron chi connectivity index (χ3n) is 5.57. The van der Waals surface area contributed by atoms with Crippen LogP contribution in [0.2, 0.25) is 0 Å². The van der Waals surface area contributed by atoms with Gasteiger partial charge in [-0.2, -0.15) is 0 Å². The molecule has 1 saturated heterocycles. The predicted molar refractivity (Wildman–Crippen MR) is 108 cm³/mol. The second-order valence-electron chi connectivity index (χ2n) is 7.42. The first-order chi connectivity index (χ1) is 13.6. The first-order valence-electron chi connectivity index (χ1n) is 9.88. The zero-order valence-corrected chi connectivity index (χ0v) is 16.6. The van der Waals surface area contributed by atoms with Gasteiger partial charge >= 0.3 is 6.03 Å². The summed E-state index contributed by atoms with van der Waals surface area (Å²) in [6.45, 7) is 6.95. The van der Waals surface area contributed by atoms with Crippen LogP contribution in [0.15, 0.2) is 54.6 Å². The van der Waals surface area contributed by atoms with E-state index in [1.54, 1.807) is 0 Å². The maximum Gasteiger partial charge on any atom is 0.321 e. The van der Waals surface area contributed by atoms with E-state index in [2.05, 4.69) is 41.8 Å². The number of amides is 3. The maximum absolute atomic E-state index is 12.8. The van der Waals surface area contributed by atoms with Crippen molar-refractivity contribution in [2.75, 3.05) is 33.2 Å². The Morgan fingerprint density at radius 3 is 2.25 bits per heavy atom. The molecule has 3 amide bonds. The molecule has 0 spiro atoms. The summed E-state index contributed by atoms with van der Waals surface area (Å²) >= 11 is 0. The molecular weight excluding hydrogens is 352 g/mol. The van der Waals surface area contributed by atoms with Gasteiger partial charge in [-0.15, -0.1) is 0 Å². The fourth-order valence-corrected chi connectivity index (χ4v) is 3.93. The van der Waals surface area contributed by atoms with Crippen LogP contribution in [0.1, 0.15) is 22.7 Å². The molecule has 0 bridgehead atoms. The molecule has 2 aromatic carbocycles. The molecule has 1 aliphatic heterocycles. The zero-order chi connectivity index (χ0) is 19.9. The third kappa shape index (κ3) is 4.97. The van der Waals surface area contributed by atoms with Crippen LogP contribution < -0.4 is 20.4 Å². The maximum atomic E-state index is 12.8. The van der Waals surface area contributed by atoms with Crippen LogP contribution in [0.25, 0.3) is 0 Å². The van der Waals surface area contributed by atoms with E-state index < -0.39 is 6.03 Å². The Bertz CT molecular complexity index is 801. The fraction of sp³-hybridized carbons (Fsp3) is 0.364. The summed E-state index contributed by atoms with van der Waals surface area (Å²) in [4.78, 5) is 27.2. The van der Waals surface area contributed by atoms with Gasteiger partial charge in [0, 0.05) is 18.2 Å². The number of hydrogen-bond donors (Lipinski definition) is 4. The second kappa shape index (κ2) is 9.48. The van der Waals surface area contributed by atoms with Gasteiger partial charge in [-0.1, -0.05) is 54.6 Å². The molecule has 0 aromatic heterocycles. The Morgan fingerprint density at radius 1 is 0.964 bits per heavy atom. The van der Waals surface area contributed by atoms with Gasteiger partial charge in [-0.25, -0.2) is 4.79 Å². The molecule has 148 valence electrons. The minimum absolute atomic E-state index is 0.247. The van der Waals surface area contributed by atoms with E-state index in [-0.39, 0.29) is 11.9 Å². The number of benzene rings is 2. The smallest absolute Gasteiger partial charge is 0.321 e. The predicted octanol–water partition coefficient (Wildman–Crippen LogP) is -0.525. The molecule has 0 unspecified atom stereocenters. The molecule has 28 heavy (non-hydrogen) atoms. The van der Waals surface area contributed by atoms with Crippen molar-refractivity contribution in [2.24, 2.45) is 0 Å². The van der Waals surface area contributed by atoms with Crippen molar-refractivity contribution in [3.05, 3.63) is 71.3 Å². The molecule has 0 radical (unpaired) electrons. The summed E-state index contributed by atoms with van der Waals surface area (Å²) in [5.41, 5.74) is 3.66. The van der Waals surface area contributed by atoms with Crippen LogP contribution in [0.3, 0.4) is 0 Å². The number of hydrogen-bond acceptors (Lipinski definition) is 2. The minimum Gasteiger partial charge on any atom is -0.341 e. The molecule has 2 aromatic rings. The molecule has 0 saturated carbocycles. The Balaban J connectivity index is 1.68. The van der Waals surface area contributed by atoms with Crippen molar-refractivity contribution < 1.29 is 19.4 Å². The lowest BCUT2D eigenvalue weighted by Gasteiger charge is -2.34. The van der Waals surface area contributed by atoms with E-state index in [0.717, 1.165) is 38.3 Å². The SMILES string of the molecule is CNC(=O)NC(=O)[C@H](c1ccccc1)[NH+]1CC[NH+](Cc2ccccc2C)CC1. The summed E-state index contributed by atoms with van der Waals surface area (Å²) in [6, 6.07) is 17.4. The van der Waals surface area contributed by atoms with Gasteiger partial charge in [0.25, 0.3) is 5.91 Å². The Morgan fingerprint density at radius 2 is 1.61 bits per heavy atom. The third-order valence-corrected chi connectivity index (χ3v) is 5.57. The van der Waals surface area contributed by atoms with Gasteiger partial charge in [-0.3, -0.25) is 10.1 Å². The lowest BCUT2D eigenvalue weighted by Crippen LogP contribution is -3.28. The number of nitrogens with one attached hydrogen (secondary N) is 4. The standard InChI is InChI=1S/C22H28N4O2/c1-17-8-6-7-11-19(17)16-25-12-14-26(15-13-25)20(18-9-4-3-5-10-18)21(27)24-22(28)23-2/h3-11,20H,12-16H2,1-2H3,(H2,23,24,27,28)/p+2/t20-/m0/s1. The van der Waals surface area contributed by atoms with Gasteiger partial charge in [0.05, 0.1) is 0 Å². The van der Waals surface area contributed by atoms with Crippen LogP contribution in [0.5, 0.6) is 0 Å². The average molecular weight is 383 g/mol. The van der Waals surface area contributed by atoms with Crippen molar-refractivity contribution in [1.82, 2.24) is 10.6 Å². The summed E-state index contributed by atoms with van der Waals surface area (Å²) in [5, 5.41) is 4.93. The van der Waals surface area contributed by atoms with Crippen LogP contribution >= 0.6 is 0 Å². The first kappa shape index (κ1) is 20.0. The Kier molecular flexibility index (Phi) is 6.79. The monoisotopic (exact) mass is 382 g/mol. The highest BCUT2D eigenvalue weighted by molar-refractivity contribution is 5.96. The molecule has 4 N–H and O–H groups in total.